The highest BCUT2D eigenvalue weighted by Gasteiger charge is 2.30. The highest BCUT2D eigenvalue weighted by molar-refractivity contribution is 5.99. The molecule has 0 aliphatic rings. The molecule has 0 spiro atoms. The zero-order valence-electron chi connectivity index (χ0n) is 19.6. The van der Waals surface area contributed by atoms with Gasteiger partial charge in [0.05, 0.1) is 37.0 Å². The monoisotopic (exact) mass is 521 g/mol. The molecule has 0 unspecified atom stereocenters. The summed E-state index contributed by atoms with van der Waals surface area (Å²) in [6.45, 7) is 0. The molecule has 2 amide bonds. The van der Waals surface area contributed by atoms with E-state index >= 15 is 0 Å². The number of methoxy groups -OCH3 is 1. The molecule has 3 aromatic heterocycles. The lowest BCUT2D eigenvalue weighted by atomic mass is 10.1. The number of ether oxygens (including phenoxy) is 2. The molecule has 3 heterocycles. The minimum Gasteiger partial charge on any atom is -0.481 e. The van der Waals surface area contributed by atoms with Crippen LogP contribution in [0.1, 0.15) is 5.56 Å². The number of urea groups is 1. The summed E-state index contributed by atoms with van der Waals surface area (Å²) in [6, 6.07) is 12.4. The molecule has 13 heteroatoms. The standard InChI is InChI=1S/C25H18F3N7O3/c1-37-21-9-10-35-22(34-21)20(14-31-35)15-5-7-19(8-6-15)38-24-29-12-18(13-30-24)33-23(36)32-17-4-2-3-16(11-17)25(26,27)28/h2-14H,1H3,(H2,32,33,36). The molecule has 2 aromatic carbocycles. The lowest BCUT2D eigenvalue weighted by Crippen LogP contribution is -2.20. The second-order valence-electron chi connectivity index (χ2n) is 7.83. The largest absolute Gasteiger partial charge is 0.481 e. The van der Waals surface area contributed by atoms with Gasteiger partial charge >= 0.3 is 18.2 Å². The highest BCUT2D eigenvalue weighted by atomic mass is 19.4. The van der Waals surface area contributed by atoms with Crippen LogP contribution in [0.15, 0.2) is 79.4 Å². The first-order valence-electron chi connectivity index (χ1n) is 11.0. The molecule has 0 aliphatic carbocycles. The van der Waals surface area contributed by atoms with Crippen LogP contribution in [0, 0.1) is 0 Å². The zero-order chi connectivity index (χ0) is 26.7. The van der Waals surface area contributed by atoms with Gasteiger partial charge in [0.2, 0.25) is 5.88 Å². The molecule has 5 aromatic rings. The number of nitrogens with one attached hydrogen (secondary N) is 2. The maximum atomic E-state index is 12.8. The van der Waals surface area contributed by atoms with Crippen molar-refractivity contribution in [3.05, 3.63) is 84.9 Å². The van der Waals surface area contributed by atoms with Gasteiger partial charge in [-0.05, 0) is 35.9 Å². The minimum atomic E-state index is -4.52. The van der Waals surface area contributed by atoms with Crippen LogP contribution in [0.5, 0.6) is 17.6 Å². The van der Waals surface area contributed by atoms with E-state index in [1.165, 1.54) is 24.5 Å². The molecule has 0 radical (unpaired) electrons. The molecule has 0 fully saturated rings. The molecule has 0 atom stereocenters. The molecule has 2 N–H and O–H groups in total. The fourth-order valence-electron chi connectivity index (χ4n) is 3.48. The summed E-state index contributed by atoms with van der Waals surface area (Å²) in [7, 11) is 1.54. The van der Waals surface area contributed by atoms with Gasteiger partial charge in [-0.3, -0.25) is 0 Å². The first-order chi connectivity index (χ1) is 18.3. The highest BCUT2D eigenvalue weighted by Crippen LogP contribution is 2.31. The van der Waals surface area contributed by atoms with Gasteiger partial charge in [0, 0.05) is 23.5 Å². The Hall–Kier alpha value is -5.20. The van der Waals surface area contributed by atoms with Crippen molar-refractivity contribution in [2.75, 3.05) is 17.7 Å². The minimum absolute atomic E-state index is 0.0133. The number of alkyl halides is 3. The molecule has 0 aliphatic heterocycles. The number of amides is 2. The summed E-state index contributed by atoms with van der Waals surface area (Å²) in [5.74, 6) is 0.946. The maximum absolute atomic E-state index is 12.8. The third kappa shape index (κ3) is 5.46. The van der Waals surface area contributed by atoms with Gasteiger partial charge in [0.15, 0.2) is 5.65 Å². The number of aromatic nitrogens is 5. The molecule has 0 saturated heterocycles. The van der Waals surface area contributed by atoms with Gasteiger partial charge in [-0.25, -0.2) is 19.3 Å². The van der Waals surface area contributed by atoms with Crippen LogP contribution in [0.3, 0.4) is 0 Å². The molecular weight excluding hydrogens is 503 g/mol. The summed E-state index contributed by atoms with van der Waals surface area (Å²) >= 11 is 0. The number of hydrogen-bond acceptors (Lipinski definition) is 7. The SMILES string of the molecule is COc1ccn2ncc(-c3ccc(Oc4ncc(NC(=O)Nc5cccc(C(F)(F)F)c5)cn4)cc3)c2n1. The van der Waals surface area contributed by atoms with Crippen LogP contribution in [0.2, 0.25) is 0 Å². The van der Waals surface area contributed by atoms with E-state index in [4.69, 9.17) is 9.47 Å². The molecule has 0 bridgehead atoms. The van der Waals surface area contributed by atoms with Gasteiger partial charge in [-0.2, -0.15) is 23.3 Å². The van der Waals surface area contributed by atoms with Gasteiger partial charge < -0.3 is 20.1 Å². The topological polar surface area (TPSA) is 116 Å². The van der Waals surface area contributed by atoms with Crippen LogP contribution in [-0.2, 0) is 6.18 Å². The van der Waals surface area contributed by atoms with Gasteiger partial charge in [0.25, 0.3) is 0 Å². The number of rotatable bonds is 6. The van der Waals surface area contributed by atoms with Crippen LogP contribution < -0.4 is 20.1 Å². The second-order valence-corrected chi connectivity index (χ2v) is 7.83. The maximum Gasteiger partial charge on any atom is 0.416 e. The van der Waals surface area contributed by atoms with Crippen molar-refractivity contribution in [1.82, 2.24) is 24.6 Å². The molecule has 192 valence electrons. The number of nitrogens with zero attached hydrogens (tertiary/aromatic N) is 5. The third-order valence-electron chi connectivity index (χ3n) is 5.26. The van der Waals surface area contributed by atoms with E-state index in [0.717, 1.165) is 23.3 Å². The van der Waals surface area contributed by atoms with E-state index in [-0.39, 0.29) is 17.4 Å². The Morgan fingerprint density at radius 3 is 2.39 bits per heavy atom. The third-order valence-corrected chi connectivity index (χ3v) is 5.26. The smallest absolute Gasteiger partial charge is 0.416 e. The van der Waals surface area contributed by atoms with Crippen molar-refractivity contribution in [2.45, 2.75) is 6.18 Å². The number of fused-ring (bicyclic) bond motifs is 1. The first-order valence-corrected chi connectivity index (χ1v) is 11.0. The Morgan fingerprint density at radius 2 is 1.68 bits per heavy atom. The van der Waals surface area contributed by atoms with Crippen LogP contribution >= 0.6 is 0 Å². The van der Waals surface area contributed by atoms with Crippen molar-refractivity contribution < 1.29 is 27.4 Å². The van der Waals surface area contributed by atoms with Crippen molar-refractivity contribution in [3.8, 4) is 28.8 Å². The number of hydrogen-bond donors (Lipinski definition) is 2. The van der Waals surface area contributed by atoms with Crippen LogP contribution in [-0.4, -0.2) is 37.7 Å². The number of carbonyl (C=O) groups is 1. The van der Waals surface area contributed by atoms with E-state index in [2.05, 4.69) is 30.7 Å². The lowest BCUT2D eigenvalue weighted by molar-refractivity contribution is -0.137. The fraction of sp³-hybridized carbons (Fsp3) is 0.0800. The summed E-state index contributed by atoms with van der Waals surface area (Å²) in [6.07, 6.45) is 1.56. The molecule has 38 heavy (non-hydrogen) atoms. The Balaban J connectivity index is 1.21. The number of halogens is 3. The Labute approximate surface area is 213 Å². The van der Waals surface area contributed by atoms with Crippen LogP contribution in [0.4, 0.5) is 29.3 Å². The van der Waals surface area contributed by atoms with E-state index in [1.54, 1.807) is 42.2 Å². The van der Waals surface area contributed by atoms with Gasteiger partial charge in [0.1, 0.15) is 5.75 Å². The van der Waals surface area contributed by atoms with E-state index < -0.39 is 17.8 Å². The fourth-order valence-corrected chi connectivity index (χ4v) is 3.48. The van der Waals surface area contributed by atoms with E-state index in [9.17, 15) is 18.0 Å². The average molecular weight is 521 g/mol. The number of carbonyl (C=O) groups excluding carboxylic acids is 1. The van der Waals surface area contributed by atoms with Crippen molar-refractivity contribution >= 4 is 23.1 Å². The predicted octanol–water partition coefficient (Wildman–Crippen LogP) is 5.65. The second kappa shape index (κ2) is 10.0. The van der Waals surface area contributed by atoms with E-state index in [1.807, 2.05) is 12.1 Å². The zero-order valence-corrected chi connectivity index (χ0v) is 19.6. The summed E-state index contributed by atoms with van der Waals surface area (Å²) in [4.78, 5) is 24.7. The molecular formula is C25H18F3N7O3. The van der Waals surface area contributed by atoms with Crippen LogP contribution in [0.25, 0.3) is 16.8 Å². The van der Waals surface area contributed by atoms with Crippen molar-refractivity contribution in [1.29, 1.82) is 0 Å². The van der Waals surface area contributed by atoms with Crippen molar-refractivity contribution in [2.24, 2.45) is 0 Å². The molecule has 5 rings (SSSR count). The molecule has 10 nitrogen and oxygen atoms in total. The average Bonchev–Trinajstić information content (AvgIpc) is 3.33. The lowest BCUT2D eigenvalue weighted by Gasteiger charge is -2.11. The summed E-state index contributed by atoms with van der Waals surface area (Å²) in [5.41, 5.74) is 1.64. The number of anilines is 2. The first kappa shape index (κ1) is 24.5. The summed E-state index contributed by atoms with van der Waals surface area (Å²) < 4.78 is 51.0. The van der Waals surface area contributed by atoms with Gasteiger partial charge in [-0.1, -0.05) is 18.2 Å². The number of benzene rings is 2. The summed E-state index contributed by atoms with van der Waals surface area (Å²) in [5, 5.41) is 9.08. The molecule has 0 saturated carbocycles. The Morgan fingerprint density at radius 1 is 0.947 bits per heavy atom. The normalized spacial score (nSPS) is 11.3. The Kier molecular flexibility index (Phi) is 6.47. The van der Waals surface area contributed by atoms with E-state index in [0.29, 0.717) is 17.3 Å². The Bertz CT molecular complexity index is 1590. The predicted molar refractivity (Wildman–Crippen MR) is 131 cm³/mol. The van der Waals surface area contributed by atoms with Gasteiger partial charge in [-0.15, -0.1) is 0 Å². The quantitative estimate of drug-likeness (QED) is 0.297. The van der Waals surface area contributed by atoms with Crippen molar-refractivity contribution in [3.63, 3.8) is 0 Å².